The lowest BCUT2D eigenvalue weighted by Crippen LogP contribution is -2.65. The molecule has 12 atom stereocenters. The first-order valence-electron chi connectivity index (χ1n) is 29.8. The molecule has 2 saturated heterocycles. The van der Waals surface area contributed by atoms with Crippen LogP contribution in [0.1, 0.15) is 264 Å². The number of aliphatic hydroxyl groups is 8. The number of hydrogen-bond donors (Lipinski definition) is 9. The molecule has 0 saturated carbocycles. The van der Waals surface area contributed by atoms with E-state index in [1.807, 2.05) is 0 Å². The van der Waals surface area contributed by atoms with E-state index >= 15 is 0 Å². The number of hydrogen-bond acceptors (Lipinski definition) is 13. The molecule has 0 radical (unpaired) electrons. The molecule has 2 aliphatic heterocycles. The third-order valence-electron chi connectivity index (χ3n) is 15.1. The SMILES string of the molecule is CCCCCCCCCCCCCCCCCCCCCCCCC(O)C(COC1OC(CO)C(OC2OC(CO)C(O)C(O)C2O)C(O)C1O)NC(=O)CCCCCCCCCCCCCCCCC. The molecular formula is C57H111NO13. The number of nitrogens with one attached hydrogen (secondary N) is 1. The van der Waals surface area contributed by atoms with Crippen molar-refractivity contribution in [3.8, 4) is 0 Å². The number of carbonyl (C=O) groups is 1. The molecule has 1 amide bonds. The zero-order valence-corrected chi connectivity index (χ0v) is 45.2. The van der Waals surface area contributed by atoms with Crippen molar-refractivity contribution in [2.45, 2.75) is 338 Å². The molecule has 2 fully saturated rings. The second-order valence-electron chi connectivity index (χ2n) is 21.5. The highest BCUT2D eigenvalue weighted by Crippen LogP contribution is 2.30. The predicted octanol–water partition coefficient (Wildman–Crippen LogP) is 9.73. The predicted molar refractivity (Wildman–Crippen MR) is 282 cm³/mol. The zero-order valence-electron chi connectivity index (χ0n) is 45.2. The van der Waals surface area contributed by atoms with Crippen molar-refractivity contribution >= 4 is 5.91 Å². The average molecular weight is 1020 g/mol. The quantitative estimate of drug-likeness (QED) is 0.0259. The molecule has 0 aromatic heterocycles. The molecule has 9 N–H and O–H groups in total. The Kier molecular flexibility index (Phi) is 41.1. The van der Waals surface area contributed by atoms with Gasteiger partial charge in [0.2, 0.25) is 5.91 Å². The molecular weight excluding hydrogens is 907 g/mol. The molecule has 0 spiro atoms. The number of rotatable bonds is 48. The van der Waals surface area contributed by atoms with Gasteiger partial charge in [0, 0.05) is 6.42 Å². The van der Waals surface area contributed by atoms with E-state index in [9.17, 15) is 45.6 Å². The summed E-state index contributed by atoms with van der Waals surface area (Å²) in [5.74, 6) is -0.201. The Bertz CT molecular complexity index is 1200. The van der Waals surface area contributed by atoms with E-state index in [0.717, 1.165) is 51.4 Å². The summed E-state index contributed by atoms with van der Waals surface area (Å²) >= 11 is 0. The molecule has 12 unspecified atom stereocenters. The average Bonchev–Trinajstić information content (AvgIpc) is 3.37. The van der Waals surface area contributed by atoms with Gasteiger partial charge >= 0.3 is 0 Å². The van der Waals surface area contributed by atoms with Crippen molar-refractivity contribution < 1.29 is 64.6 Å². The van der Waals surface area contributed by atoms with Gasteiger partial charge in [0.15, 0.2) is 12.6 Å². The van der Waals surface area contributed by atoms with Crippen LogP contribution in [-0.4, -0.2) is 140 Å². The van der Waals surface area contributed by atoms with Crippen LogP contribution in [0, 0.1) is 0 Å². The molecule has 0 aromatic rings. The summed E-state index contributed by atoms with van der Waals surface area (Å²) in [5.41, 5.74) is 0. The van der Waals surface area contributed by atoms with Gasteiger partial charge in [-0.3, -0.25) is 4.79 Å². The minimum absolute atomic E-state index is 0.201. The van der Waals surface area contributed by atoms with Gasteiger partial charge in [0.25, 0.3) is 0 Å². The molecule has 0 aliphatic carbocycles. The summed E-state index contributed by atoms with van der Waals surface area (Å²) in [6.07, 6.45) is 31.0. The molecule has 2 aliphatic rings. The molecule has 14 heteroatoms. The number of ether oxygens (including phenoxy) is 4. The Morgan fingerprint density at radius 2 is 0.803 bits per heavy atom. The zero-order chi connectivity index (χ0) is 51.7. The van der Waals surface area contributed by atoms with E-state index in [4.69, 9.17) is 18.9 Å². The fourth-order valence-corrected chi connectivity index (χ4v) is 10.2. The second kappa shape index (κ2) is 44.2. The minimum atomic E-state index is -1.78. The van der Waals surface area contributed by atoms with Gasteiger partial charge in [-0.05, 0) is 12.8 Å². The summed E-state index contributed by atoms with van der Waals surface area (Å²) < 4.78 is 22.8. The smallest absolute Gasteiger partial charge is 0.220 e. The Hall–Kier alpha value is -1.01. The van der Waals surface area contributed by atoms with Crippen molar-refractivity contribution in [1.29, 1.82) is 0 Å². The minimum Gasteiger partial charge on any atom is -0.394 e. The van der Waals surface area contributed by atoms with Gasteiger partial charge < -0.3 is 65.1 Å². The lowest BCUT2D eigenvalue weighted by atomic mass is 9.97. The van der Waals surface area contributed by atoms with Gasteiger partial charge in [-0.25, -0.2) is 0 Å². The van der Waals surface area contributed by atoms with Crippen LogP contribution >= 0.6 is 0 Å². The summed E-state index contributed by atoms with van der Waals surface area (Å²) in [7, 11) is 0. The first kappa shape index (κ1) is 66.1. The fourth-order valence-electron chi connectivity index (χ4n) is 10.2. The highest BCUT2D eigenvalue weighted by atomic mass is 16.7. The van der Waals surface area contributed by atoms with E-state index in [1.165, 1.54) is 186 Å². The Balaban J connectivity index is 1.74. The normalized spacial score (nSPS) is 25.7. The topological polar surface area (TPSA) is 228 Å². The van der Waals surface area contributed by atoms with E-state index in [0.29, 0.717) is 12.8 Å². The molecule has 2 heterocycles. The van der Waals surface area contributed by atoms with Crippen LogP contribution in [0.3, 0.4) is 0 Å². The molecule has 2 rings (SSSR count). The Morgan fingerprint density at radius 1 is 0.451 bits per heavy atom. The third kappa shape index (κ3) is 30.4. The van der Waals surface area contributed by atoms with Crippen LogP contribution in [-0.2, 0) is 23.7 Å². The highest BCUT2D eigenvalue weighted by molar-refractivity contribution is 5.76. The van der Waals surface area contributed by atoms with Crippen LogP contribution in [0.4, 0.5) is 0 Å². The van der Waals surface area contributed by atoms with Gasteiger partial charge in [-0.2, -0.15) is 0 Å². The molecule has 0 aromatic carbocycles. The molecule has 71 heavy (non-hydrogen) atoms. The van der Waals surface area contributed by atoms with Crippen molar-refractivity contribution in [2.24, 2.45) is 0 Å². The Morgan fingerprint density at radius 3 is 1.20 bits per heavy atom. The first-order chi connectivity index (χ1) is 34.6. The maximum atomic E-state index is 13.2. The number of unbranched alkanes of at least 4 members (excludes halogenated alkanes) is 35. The largest absolute Gasteiger partial charge is 0.394 e. The summed E-state index contributed by atoms with van der Waals surface area (Å²) in [5, 5.41) is 87.2. The number of carbonyl (C=O) groups excluding carboxylic acids is 1. The molecule has 422 valence electrons. The standard InChI is InChI=1S/C57H111NO13/c1-3-5-7-9-11-13-15-17-19-20-21-22-23-24-25-27-28-30-32-34-36-38-40-46(61)45(58-49(62)41-39-37-35-33-31-29-26-18-16-14-12-10-8-6-4-2)44-68-56-54(67)52(65)55(48(43-60)70-56)71-57-53(66)51(64)50(63)47(42-59)69-57/h45-48,50-57,59-61,63-67H,3-44H2,1-2H3,(H,58,62). The fraction of sp³-hybridized carbons (Fsp3) is 0.982. The van der Waals surface area contributed by atoms with Crippen LogP contribution in [0.15, 0.2) is 0 Å². The second-order valence-corrected chi connectivity index (χ2v) is 21.5. The lowest BCUT2D eigenvalue weighted by molar-refractivity contribution is -0.359. The van der Waals surface area contributed by atoms with Crippen LogP contribution in [0.25, 0.3) is 0 Å². The van der Waals surface area contributed by atoms with E-state index in [-0.39, 0.29) is 12.5 Å². The van der Waals surface area contributed by atoms with Crippen LogP contribution < -0.4 is 5.32 Å². The molecule has 0 bridgehead atoms. The lowest BCUT2D eigenvalue weighted by Gasteiger charge is -2.46. The monoisotopic (exact) mass is 1020 g/mol. The van der Waals surface area contributed by atoms with Crippen molar-refractivity contribution in [3.05, 3.63) is 0 Å². The third-order valence-corrected chi connectivity index (χ3v) is 15.1. The van der Waals surface area contributed by atoms with E-state index in [2.05, 4.69) is 19.2 Å². The number of aliphatic hydroxyl groups excluding tert-OH is 8. The Labute approximate surface area is 432 Å². The van der Waals surface area contributed by atoms with Gasteiger partial charge in [0.05, 0.1) is 32.0 Å². The van der Waals surface area contributed by atoms with Crippen molar-refractivity contribution in [1.82, 2.24) is 5.32 Å². The van der Waals surface area contributed by atoms with Gasteiger partial charge in [-0.1, -0.05) is 245 Å². The molecule has 14 nitrogen and oxygen atoms in total. The first-order valence-corrected chi connectivity index (χ1v) is 29.8. The van der Waals surface area contributed by atoms with E-state index in [1.54, 1.807) is 0 Å². The highest BCUT2D eigenvalue weighted by Gasteiger charge is 2.51. The van der Waals surface area contributed by atoms with Crippen molar-refractivity contribution in [2.75, 3.05) is 19.8 Å². The maximum absolute atomic E-state index is 13.2. The van der Waals surface area contributed by atoms with Crippen LogP contribution in [0.5, 0.6) is 0 Å². The summed E-state index contributed by atoms with van der Waals surface area (Å²) in [4.78, 5) is 13.2. The van der Waals surface area contributed by atoms with Crippen LogP contribution in [0.2, 0.25) is 0 Å². The van der Waals surface area contributed by atoms with Crippen molar-refractivity contribution in [3.63, 3.8) is 0 Å². The number of amides is 1. The van der Waals surface area contributed by atoms with E-state index < -0.39 is 86.8 Å². The van der Waals surface area contributed by atoms with Gasteiger partial charge in [-0.15, -0.1) is 0 Å². The summed E-state index contributed by atoms with van der Waals surface area (Å²) in [6, 6.07) is -0.822. The van der Waals surface area contributed by atoms with Gasteiger partial charge in [0.1, 0.15) is 48.8 Å². The summed E-state index contributed by atoms with van der Waals surface area (Å²) in [6.45, 7) is 2.89. The maximum Gasteiger partial charge on any atom is 0.220 e.